The van der Waals surface area contributed by atoms with Crippen molar-refractivity contribution >= 4 is 93.4 Å². The van der Waals surface area contributed by atoms with Crippen LogP contribution in [0.15, 0.2) is 245 Å². The van der Waals surface area contributed by atoms with E-state index in [1.165, 1.54) is 49.4 Å². The lowest BCUT2D eigenvalue weighted by Gasteiger charge is -2.32. The first-order valence-electron chi connectivity index (χ1n) is 23.5. The Morgan fingerprint density at radius 2 is 0.971 bits per heavy atom. The highest BCUT2D eigenvalue weighted by molar-refractivity contribution is 6.12. The van der Waals surface area contributed by atoms with Crippen LogP contribution in [-0.2, 0) is 0 Å². The summed E-state index contributed by atoms with van der Waals surface area (Å²) in [5.41, 5.74) is 17.5. The molecule has 320 valence electrons. The molecular formula is C64H42N2O2. The number of benzene rings is 10. The van der Waals surface area contributed by atoms with Crippen LogP contribution in [-0.4, -0.2) is 4.57 Å². The van der Waals surface area contributed by atoms with Gasteiger partial charge < -0.3 is 18.3 Å². The SMILES string of the molecule is C1=CC(c2ccc3oc4cc5ccccc5cc4c3c2)=C(N(c2ccc(-c3ccccc3-n3c4ccccc4c4ccccc43)cc2)c2ccc(-c3cccc4c3oc3ccccc34)cc2)CC1. The van der Waals surface area contributed by atoms with Crippen LogP contribution in [0.2, 0.25) is 0 Å². The van der Waals surface area contributed by atoms with Crippen molar-refractivity contribution < 1.29 is 8.83 Å². The summed E-state index contributed by atoms with van der Waals surface area (Å²) in [5.74, 6) is 0. The third-order valence-electron chi connectivity index (χ3n) is 14.1. The van der Waals surface area contributed by atoms with Crippen LogP contribution in [0.1, 0.15) is 18.4 Å². The van der Waals surface area contributed by atoms with Crippen molar-refractivity contribution in [2.45, 2.75) is 12.8 Å². The summed E-state index contributed by atoms with van der Waals surface area (Å²) in [6.07, 6.45) is 6.44. The van der Waals surface area contributed by atoms with Gasteiger partial charge in [0.15, 0.2) is 0 Å². The molecule has 0 saturated carbocycles. The standard InChI is InChI=1S/C64H42N2O2/c1-2-15-44-40-63-56(38-43(44)14-1)55-39-45(32-37-62(55)67-63)49-17-4-8-23-57(49)65(47-35-30-42(31-36-47)50-21-13-22-54-53-20-7-12-27-61(53)68-64(50)54)46-33-28-41(29-34-46)48-16-3-9-24-58(48)66-59-25-10-5-18-51(59)52-19-6-11-26-60(52)66/h1-7,9-22,24-40H,8,23H2. The number of aromatic nitrogens is 1. The van der Waals surface area contributed by atoms with Gasteiger partial charge in [0.25, 0.3) is 0 Å². The average Bonchev–Trinajstić information content (AvgIpc) is 4.08. The number of hydrogen-bond donors (Lipinski definition) is 0. The monoisotopic (exact) mass is 870 g/mol. The lowest BCUT2D eigenvalue weighted by molar-refractivity contribution is 0.669. The van der Waals surface area contributed by atoms with Crippen LogP contribution in [0.5, 0.6) is 0 Å². The maximum atomic E-state index is 6.50. The fourth-order valence-corrected chi connectivity index (χ4v) is 10.9. The number of allylic oxidation sites excluding steroid dienone is 4. The fraction of sp³-hybridized carbons (Fsp3) is 0.0312. The van der Waals surface area contributed by atoms with E-state index in [2.05, 4.69) is 228 Å². The van der Waals surface area contributed by atoms with Gasteiger partial charge in [0, 0.05) is 66.1 Å². The van der Waals surface area contributed by atoms with Crippen molar-refractivity contribution in [3.63, 3.8) is 0 Å². The van der Waals surface area contributed by atoms with E-state index in [1.54, 1.807) is 0 Å². The van der Waals surface area contributed by atoms with E-state index in [0.717, 1.165) is 96.0 Å². The van der Waals surface area contributed by atoms with Crippen molar-refractivity contribution in [3.05, 3.63) is 242 Å². The van der Waals surface area contributed by atoms with Gasteiger partial charge in [0.1, 0.15) is 22.3 Å². The van der Waals surface area contributed by atoms with Crippen LogP contribution >= 0.6 is 0 Å². The van der Waals surface area contributed by atoms with Crippen molar-refractivity contribution in [2.75, 3.05) is 4.90 Å². The fourth-order valence-electron chi connectivity index (χ4n) is 10.9. The van der Waals surface area contributed by atoms with E-state index in [0.29, 0.717) is 0 Å². The van der Waals surface area contributed by atoms with Crippen molar-refractivity contribution in [1.82, 2.24) is 4.57 Å². The Hall–Kier alpha value is -8.86. The van der Waals surface area contributed by atoms with Gasteiger partial charge in [0.05, 0.1) is 16.7 Å². The molecule has 4 nitrogen and oxygen atoms in total. The van der Waals surface area contributed by atoms with E-state index >= 15 is 0 Å². The summed E-state index contributed by atoms with van der Waals surface area (Å²) in [5, 5.41) is 9.40. The molecule has 10 aromatic carbocycles. The van der Waals surface area contributed by atoms with E-state index in [-0.39, 0.29) is 0 Å². The summed E-state index contributed by atoms with van der Waals surface area (Å²) in [6.45, 7) is 0. The third-order valence-corrected chi connectivity index (χ3v) is 14.1. The van der Waals surface area contributed by atoms with Gasteiger partial charge in [0.2, 0.25) is 0 Å². The van der Waals surface area contributed by atoms with Crippen molar-refractivity contribution in [2.24, 2.45) is 0 Å². The molecule has 0 atom stereocenters. The highest BCUT2D eigenvalue weighted by Crippen LogP contribution is 2.44. The molecule has 1 aliphatic carbocycles. The van der Waals surface area contributed by atoms with Gasteiger partial charge in [-0.15, -0.1) is 0 Å². The molecule has 68 heavy (non-hydrogen) atoms. The smallest absolute Gasteiger partial charge is 0.143 e. The van der Waals surface area contributed by atoms with E-state index < -0.39 is 0 Å². The number of furan rings is 2. The number of nitrogens with zero attached hydrogens (tertiary/aromatic N) is 2. The van der Waals surface area contributed by atoms with Crippen molar-refractivity contribution in [3.8, 4) is 27.9 Å². The van der Waals surface area contributed by atoms with Gasteiger partial charge in [-0.3, -0.25) is 0 Å². The van der Waals surface area contributed by atoms with Gasteiger partial charge in [-0.25, -0.2) is 0 Å². The van der Waals surface area contributed by atoms with Crippen LogP contribution in [0.3, 0.4) is 0 Å². The molecule has 0 N–H and O–H groups in total. The third kappa shape index (κ3) is 6.08. The second kappa shape index (κ2) is 15.4. The highest BCUT2D eigenvalue weighted by Gasteiger charge is 2.23. The number of fused-ring (bicyclic) bond motifs is 10. The number of para-hydroxylation sites is 5. The predicted octanol–water partition coefficient (Wildman–Crippen LogP) is 18.0. The first kappa shape index (κ1) is 38.4. The Morgan fingerprint density at radius 3 is 1.74 bits per heavy atom. The predicted molar refractivity (Wildman–Crippen MR) is 284 cm³/mol. The second-order valence-electron chi connectivity index (χ2n) is 17.9. The molecule has 3 aromatic heterocycles. The Kier molecular flexibility index (Phi) is 8.68. The summed E-state index contributed by atoms with van der Waals surface area (Å²) in [7, 11) is 0. The molecule has 1 aliphatic rings. The summed E-state index contributed by atoms with van der Waals surface area (Å²) < 4.78 is 15.4. The molecule has 0 saturated heterocycles. The first-order valence-corrected chi connectivity index (χ1v) is 23.5. The Morgan fingerprint density at radius 1 is 0.397 bits per heavy atom. The molecule has 0 amide bonds. The summed E-state index contributed by atoms with van der Waals surface area (Å²) in [4.78, 5) is 2.47. The molecule has 0 bridgehead atoms. The zero-order valence-corrected chi connectivity index (χ0v) is 37.1. The molecule has 0 unspecified atom stereocenters. The molecule has 4 heteroatoms. The number of rotatable bonds is 7. The highest BCUT2D eigenvalue weighted by atomic mass is 16.3. The maximum absolute atomic E-state index is 6.50. The van der Waals surface area contributed by atoms with Gasteiger partial charge in [-0.1, -0.05) is 158 Å². The summed E-state index contributed by atoms with van der Waals surface area (Å²) >= 11 is 0. The van der Waals surface area contributed by atoms with Crippen LogP contribution in [0, 0.1) is 0 Å². The minimum Gasteiger partial charge on any atom is -0.456 e. The molecule has 14 rings (SSSR count). The molecular weight excluding hydrogens is 829 g/mol. The van der Waals surface area contributed by atoms with Crippen LogP contribution in [0.4, 0.5) is 11.4 Å². The largest absolute Gasteiger partial charge is 0.456 e. The van der Waals surface area contributed by atoms with E-state index in [9.17, 15) is 0 Å². The number of hydrogen-bond acceptors (Lipinski definition) is 3. The topological polar surface area (TPSA) is 34.5 Å². The normalized spacial score (nSPS) is 13.1. The van der Waals surface area contributed by atoms with E-state index in [4.69, 9.17) is 8.83 Å². The van der Waals surface area contributed by atoms with Gasteiger partial charge >= 0.3 is 0 Å². The first-order chi connectivity index (χ1) is 33.7. The van der Waals surface area contributed by atoms with Crippen LogP contribution < -0.4 is 4.90 Å². The zero-order chi connectivity index (χ0) is 44.7. The minimum atomic E-state index is 0.874. The second-order valence-corrected chi connectivity index (χ2v) is 17.9. The Labute approximate surface area is 392 Å². The van der Waals surface area contributed by atoms with Crippen LogP contribution in [0.25, 0.3) is 110 Å². The lowest BCUT2D eigenvalue weighted by atomic mass is 9.93. The molecule has 0 spiro atoms. The molecule has 0 radical (unpaired) electrons. The quantitative estimate of drug-likeness (QED) is 0.160. The maximum Gasteiger partial charge on any atom is 0.143 e. The lowest BCUT2D eigenvalue weighted by Crippen LogP contribution is -2.19. The summed E-state index contributed by atoms with van der Waals surface area (Å²) in [6, 6.07) is 78.8. The van der Waals surface area contributed by atoms with E-state index in [1.807, 2.05) is 12.1 Å². The van der Waals surface area contributed by atoms with Gasteiger partial charge in [-0.2, -0.15) is 0 Å². The van der Waals surface area contributed by atoms with Crippen molar-refractivity contribution in [1.29, 1.82) is 0 Å². The number of anilines is 2. The molecule has 13 aromatic rings. The Balaban J connectivity index is 0.921. The molecule has 3 heterocycles. The Bertz CT molecular complexity index is 4150. The minimum absolute atomic E-state index is 0.874. The zero-order valence-electron chi connectivity index (χ0n) is 37.1. The molecule has 0 aliphatic heterocycles. The van der Waals surface area contributed by atoms with Gasteiger partial charge in [-0.05, 0) is 113 Å². The average molecular weight is 871 g/mol. The molecule has 0 fully saturated rings.